The molecule has 0 bridgehead atoms. The molecule has 4 rings (SSSR count). The van der Waals surface area contributed by atoms with Gasteiger partial charge in [0.15, 0.2) is 0 Å². The average Bonchev–Trinajstić information content (AvgIpc) is 2.99. The molecule has 0 aromatic heterocycles. The van der Waals surface area contributed by atoms with E-state index in [0.717, 1.165) is 12.1 Å². The summed E-state index contributed by atoms with van der Waals surface area (Å²) in [5.74, 6) is 0.426. The first-order valence-corrected chi connectivity index (χ1v) is 9.63. The van der Waals surface area contributed by atoms with Gasteiger partial charge in [0.25, 0.3) is 0 Å². The molecule has 128 valence electrons. The summed E-state index contributed by atoms with van der Waals surface area (Å²) in [5, 5.41) is 11.6. The summed E-state index contributed by atoms with van der Waals surface area (Å²) in [5.41, 5.74) is 7.57. The molecule has 2 aliphatic rings. The first kappa shape index (κ1) is 16.3. The first-order chi connectivity index (χ1) is 12.1. The zero-order chi connectivity index (χ0) is 17.4. The van der Waals surface area contributed by atoms with Crippen LogP contribution in [0.2, 0.25) is 0 Å². The monoisotopic (exact) mass is 329 g/mol. The van der Waals surface area contributed by atoms with Crippen molar-refractivity contribution in [3.63, 3.8) is 0 Å². The van der Waals surface area contributed by atoms with Crippen LogP contribution in [0.1, 0.15) is 63.5 Å². The summed E-state index contributed by atoms with van der Waals surface area (Å²) >= 11 is 0. The Labute approximate surface area is 151 Å². The molecule has 1 saturated carbocycles. The topological polar surface area (TPSA) is 23.9 Å². The largest absolute Gasteiger partial charge is 0.304 e. The van der Waals surface area contributed by atoms with Crippen molar-refractivity contribution in [2.75, 3.05) is 0 Å². The summed E-state index contributed by atoms with van der Waals surface area (Å²) in [6.07, 6.45) is 9.56. The van der Waals surface area contributed by atoms with E-state index >= 15 is 0 Å². The molecule has 1 nitrogen and oxygen atoms in total. The molecule has 0 spiro atoms. The Morgan fingerprint density at radius 3 is 2.44 bits per heavy atom. The summed E-state index contributed by atoms with van der Waals surface area (Å²) in [6, 6.07) is 13.1. The molecule has 0 heterocycles. The third-order valence-electron chi connectivity index (χ3n) is 5.93. The van der Waals surface area contributed by atoms with Crippen LogP contribution in [-0.2, 0) is 0 Å². The highest BCUT2D eigenvalue weighted by Crippen LogP contribution is 2.39. The minimum absolute atomic E-state index is 0.426. The van der Waals surface area contributed by atoms with Gasteiger partial charge in [0.1, 0.15) is 0 Å². The second kappa shape index (κ2) is 6.63. The van der Waals surface area contributed by atoms with Crippen LogP contribution in [0.5, 0.6) is 0 Å². The third kappa shape index (κ3) is 2.97. The highest BCUT2D eigenvalue weighted by Gasteiger charge is 2.25. The van der Waals surface area contributed by atoms with Crippen molar-refractivity contribution in [1.82, 2.24) is 0 Å². The van der Waals surface area contributed by atoms with Crippen molar-refractivity contribution in [2.45, 2.75) is 52.4 Å². The van der Waals surface area contributed by atoms with Gasteiger partial charge in [-0.3, -0.25) is 0 Å². The maximum atomic E-state index is 9.09. The van der Waals surface area contributed by atoms with E-state index in [-0.39, 0.29) is 0 Å². The zero-order valence-corrected chi connectivity index (χ0v) is 15.4. The number of hydrogen-bond acceptors (Lipinski definition) is 1. The highest BCUT2D eigenvalue weighted by molar-refractivity contribution is 6.14. The van der Waals surface area contributed by atoms with Crippen molar-refractivity contribution >= 4 is 22.1 Å². The quantitative estimate of drug-likeness (QED) is 0.591. The fraction of sp³-hybridized carbons (Fsp3) is 0.375. The molecule has 0 unspecified atom stereocenters. The lowest BCUT2D eigenvalue weighted by Gasteiger charge is -2.25. The minimum Gasteiger partial charge on any atom is -0.304 e. The maximum Gasteiger partial charge on any atom is 0.0429 e. The Balaban J connectivity index is 1.89. The lowest BCUT2D eigenvalue weighted by Crippen LogP contribution is -2.19. The lowest BCUT2D eigenvalue weighted by molar-refractivity contribution is 0.439. The van der Waals surface area contributed by atoms with Crippen molar-refractivity contribution in [1.29, 1.82) is 5.41 Å². The van der Waals surface area contributed by atoms with Crippen molar-refractivity contribution in [3.8, 4) is 0 Å². The van der Waals surface area contributed by atoms with E-state index in [1.807, 2.05) is 0 Å². The van der Waals surface area contributed by atoms with Crippen LogP contribution in [0.15, 0.2) is 53.6 Å². The normalized spacial score (nSPS) is 18.7. The van der Waals surface area contributed by atoms with Crippen LogP contribution >= 0.6 is 0 Å². The molecule has 0 atom stereocenters. The fourth-order valence-corrected chi connectivity index (χ4v) is 4.64. The van der Waals surface area contributed by atoms with E-state index in [1.165, 1.54) is 70.7 Å². The van der Waals surface area contributed by atoms with Crippen LogP contribution in [0.4, 0.5) is 0 Å². The van der Waals surface area contributed by atoms with Gasteiger partial charge in [0, 0.05) is 17.2 Å². The molecule has 2 aliphatic carbocycles. The van der Waals surface area contributed by atoms with Gasteiger partial charge in [-0.1, -0.05) is 67.3 Å². The van der Waals surface area contributed by atoms with Gasteiger partial charge < -0.3 is 5.41 Å². The second-order valence-electron chi connectivity index (χ2n) is 7.79. The van der Waals surface area contributed by atoms with Gasteiger partial charge in [0.05, 0.1) is 0 Å². The van der Waals surface area contributed by atoms with Crippen LogP contribution in [-0.4, -0.2) is 5.71 Å². The molecule has 0 radical (unpaired) electrons. The predicted molar refractivity (Wildman–Crippen MR) is 108 cm³/mol. The number of rotatable bonds is 3. The molecule has 0 aliphatic heterocycles. The maximum absolute atomic E-state index is 9.09. The third-order valence-corrected chi connectivity index (χ3v) is 5.93. The van der Waals surface area contributed by atoms with E-state index in [9.17, 15) is 0 Å². The molecular weight excluding hydrogens is 302 g/mol. The van der Waals surface area contributed by atoms with E-state index in [2.05, 4.69) is 56.3 Å². The van der Waals surface area contributed by atoms with Crippen LogP contribution in [0.3, 0.4) is 0 Å². The van der Waals surface area contributed by atoms with E-state index < -0.39 is 0 Å². The summed E-state index contributed by atoms with van der Waals surface area (Å²) in [7, 11) is 0. The standard InChI is InChI=1S/C24H27N/c1-16-14-17(2)22(15-16)21-13-12-18-8-6-7-11-20(18)23(21)24(25)19-9-4-3-5-10-19/h6-8,11-14,19,25H,3-5,9-10,15H2,1-2H3. The van der Waals surface area contributed by atoms with Crippen LogP contribution < -0.4 is 0 Å². The minimum atomic E-state index is 0.426. The second-order valence-corrected chi connectivity index (χ2v) is 7.79. The lowest BCUT2D eigenvalue weighted by atomic mass is 9.79. The van der Waals surface area contributed by atoms with Crippen LogP contribution in [0, 0.1) is 11.3 Å². The summed E-state index contributed by atoms with van der Waals surface area (Å²) in [6.45, 7) is 4.43. The Hall–Kier alpha value is -2.15. The number of allylic oxidation sites excluding steroid dienone is 4. The van der Waals surface area contributed by atoms with Gasteiger partial charge >= 0.3 is 0 Å². The molecule has 1 fully saturated rings. The molecule has 25 heavy (non-hydrogen) atoms. The zero-order valence-electron chi connectivity index (χ0n) is 15.4. The van der Waals surface area contributed by atoms with Crippen molar-refractivity contribution in [3.05, 3.63) is 64.7 Å². The molecule has 0 saturated heterocycles. The Bertz CT molecular complexity index is 891. The van der Waals surface area contributed by atoms with E-state index in [1.54, 1.807) is 0 Å². The Morgan fingerprint density at radius 2 is 1.72 bits per heavy atom. The smallest absolute Gasteiger partial charge is 0.0429 e. The number of hydrogen-bond donors (Lipinski definition) is 1. The van der Waals surface area contributed by atoms with Crippen molar-refractivity contribution < 1.29 is 0 Å². The molecular formula is C24H27N. The number of nitrogens with one attached hydrogen (secondary N) is 1. The van der Waals surface area contributed by atoms with Gasteiger partial charge in [0.2, 0.25) is 0 Å². The Morgan fingerprint density at radius 1 is 0.960 bits per heavy atom. The SMILES string of the molecule is CC1=CC(C)=C(c2ccc3ccccc3c2C(=N)C2CCCCC2)C1. The van der Waals surface area contributed by atoms with Gasteiger partial charge in [-0.05, 0) is 60.6 Å². The molecule has 1 N–H and O–H groups in total. The molecule has 1 heteroatoms. The fourth-order valence-electron chi connectivity index (χ4n) is 4.64. The van der Waals surface area contributed by atoms with Gasteiger partial charge in [-0.2, -0.15) is 0 Å². The van der Waals surface area contributed by atoms with E-state index in [4.69, 9.17) is 5.41 Å². The van der Waals surface area contributed by atoms with Crippen molar-refractivity contribution in [2.24, 2.45) is 5.92 Å². The average molecular weight is 329 g/mol. The Kier molecular flexibility index (Phi) is 4.33. The molecule has 2 aromatic carbocycles. The number of benzene rings is 2. The van der Waals surface area contributed by atoms with Crippen LogP contribution in [0.25, 0.3) is 16.3 Å². The first-order valence-electron chi connectivity index (χ1n) is 9.63. The molecule has 2 aromatic rings. The summed E-state index contributed by atoms with van der Waals surface area (Å²) in [4.78, 5) is 0. The number of fused-ring (bicyclic) bond motifs is 1. The summed E-state index contributed by atoms with van der Waals surface area (Å²) < 4.78 is 0. The van der Waals surface area contributed by atoms with Gasteiger partial charge in [-0.15, -0.1) is 0 Å². The predicted octanol–water partition coefficient (Wildman–Crippen LogP) is 6.91. The van der Waals surface area contributed by atoms with Gasteiger partial charge in [-0.25, -0.2) is 0 Å². The highest BCUT2D eigenvalue weighted by atomic mass is 14.5. The molecule has 0 amide bonds. The van der Waals surface area contributed by atoms with E-state index in [0.29, 0.717) is 5.92 Å².